The first-order valence-corrected chi connectivity index (χ1v) is 12.0. The molecular formula is C24H29N5OS. The van der Waals surface area contributed by atoms with Crippen LogP contribution in [0.1, 0.15) is 52.7 Å². The summed E-state index contributed by atoms with van der Waals surface area (Å²) in [6, 6.07) is 7.00. The Balaban J connectivity index is 1.28. The molecule has 1 fully saturated rings. The molecule has 2 atom stereocenters. The third-order valence-electron chi connectivity index (χ3n) is 6.75. The Morgan fingerprint density at radius 2 is 2.19 bits per heavy atom. The molecule has 3 N–H and O–H groups in total. The van der Waals surface area contributed by atoms with Crippen LogP contribution in [0.3, 0.4) is 0 Å². The number of carbonyl (C=O) groups is 1. The van der Waals surface area contributed by atoms with Gasteiger partial charge in [0.1, 0.15) is 15.2 Å². The second kappa shape index (κ2) is 8.11. The average molecular weight is 436 g/mol. The molecule has 7 heteroatoms. The van der Waals surface area contributed by atoms with Gasteiger partial charge in [0.25, 0.3) is 5.91 Å². The van der Waals surface area contributed by atoms with Crippen LogP contribution < -0.4 is 16.0 Å². The topological polar surface area (TPSA) is 84.1 Å². The molecular weight excluding hydrogens is 406 g/mol. The zero-order valence-electron chi connectivity index (χ0n) is 18.1. The minimum Gasteiger partial charge on any atom is -0.396 e. The smallest absolute Gasteiger partial charge is 0.263 e. The number of hydrogen-bond acceptors (Lipinski definition) is 6. The highest BCUT2D eigenvalue weighted by Gasteiger charge is 2.26. The maximum atomic E-state index is 12.9. The molecule has 0 spiro atoms. The molecule has 2 aliphatic rings. The summed E-state index contributed by atoms with van der Waals surface area (Å²) < 4.78 is 0. The van der Waals surface area contributed by atoms with Gasteiger partial charge in [-0.2, -0.15) is 0 Å². The van der Waals surface area contributed by atoms with Gasteiger partial charge in [-0.3, -0.25) is 4.79 Å². The lowest BCUT2D eigenvalue weighted by Gasteiger charge is -2.27. The summed E-state index contributed by atoms with van der Waals surface area (Å²) in [6.07, 6.45) is 7.04. The van der Waals surface area contributed by atoms with E-state index in [1.165, 1.54) is 47.5 Å². The molecule has 2 aromatic heterocycles. The van der Waals surface area contributed by atoms with Crippen LogP contribution in [0.2, 0.25) is 0 Å². The van der Waals surface area contributed by atoms with E-state index >= 15 is 0 Å². The number of benzene rings is 1. The molecule has 3 heterocycles. The van der Waals surface area contributed by atoms with Gasteiger partial charge < -0.3 is 16.0 Å². The van der Waals surface area contributed by atoms with E-state index in [0.717, 1.165) is 42.2 Å². The van der Waals surface area contributed by atoms with Gasteiger partial charge in [-0.25, -0.2) is 9.97 Å². The molecule has 0 bridgehead atoms. The van der Waals surface area contributed by atoms with E-state index in [1.807, 2.05) is 6.92 Å². The molecule has 162 valence electrons. The van der Waals surface area contributed by atoms with Gasteiger partial charge in [-0.05, 0) is 61.8 Å². The number of carbonyl (C=O) groups excluding carboxylic acids is 1. The first kappa shape index (κ1) is 20.2. The van der Waals surface area contributed by atoms with Crippen LogP contribution in [-0.4, -0.2) is 35.0 Å². The van der Waals surface area contributed by atoms with Gasteiger partial charge in [0, 0.05) is 31.0 Å². The quantitative estimate of drug-likeness (QED) is 0.644. The predicted molar refractivity (Wildman–Crippen MR) is 127 cm³/mol. The number of rotatable bonds is 4. The summed E-state index contributed by atoms with van der Waals surface area (Å²) >= 11 is 1.32. The maximum Gasteiger partial charge on any atom is 0.263 e. The largest absolute Gasteiger partial charge is 0.396 e. The first-order chi connectivity index (χ1) is 15.0. The highest BCUT2D eigenvalue weighted by atomic mass is 32.1. The summed E-state index contributed by atoms with van der Waals surface area (Å²) in [5, 5.41) is 3.20. The fraction of sp³-hybridized carbons (Fsp3) is 0.458. The number of fused-ring (bicyclic) bond motifs is 2. The van der Waals surface area contributed by atoms with Crippen LogP contribution in [0.5, 0.6) is 0 Å². The Bertz CT molecular complexity index is 1140. The highest BCUT2D eigenvalue weighted by molar-refractivity contribution is 7.21. The van der Waals surface area contributed by atoms with Crippen molar-refractivity contribution in [2.24, 2.45) is 5.92 Å². The van der Waals surface area contributed by atoms with Crippen LogP contribution >= 0.6 is 11.3 Å². The van der Waals surface area contributed by atoms with Gasteiger partial charge in [-0.15, -0.1) is 11.3 Å². The number of anilines is 2. The van der Waals surface area contributed by atoms with Gasteiger partial charge >= 0.3 is 0 Å². The molecule has 6 nitrogen and oxygen atoms in total. The molecule has 0 unspecified atom stereocenters. The van der Waals surface area contributed by atoms with Crippen molar-refractivity contribution in [2.45, 2.75) is 52.0 Å². The number of nitrogens with zero attached hydrogens (tertiary/aromatic N) is 3. The fourth-order valence-corrected chi connectivity index (χ4v) is 5.85. The van der Waals surface area contributed by atoms with Crippen LogP contribution in [0.25, 0.3) is 10.3 Å². The van der Waals surface area contributed by atoms with E-state index in [-0.39, 0.29) is 11.9 Å². The Morgan fingerprint density at radius 1 is 1.32 bits per heavy atom. The van der Waals surface area contributed by atoms with Crippen molar-refractivity contribution in [3.63, 3.8) is 0 Å². The Hall–Kier alpha value is -2.67. The molecule has 31 heavy (non-hydrogen) atoms. The number of nitrogens with two attached hydrogens (primary N) is 1. The van der Waals surface area contributed by atoms with E-state index in [0.29, 0.717) is 16.1 Å². The Kier molecular flexibility index (Phi) is 5.30. The number of hydrogen-bond donors (Lipinski definition) is 2. The van der Waals surface area contributed by atoms with Crippen molar-refractivity contribution in [1.29, 1.82) is 0 Å². The number of aryl methyl sites for hydroxylation is 2. The monoisotopic (exact) mass is 435 g/mol. The Morgan fingerprint density at radius 3 is 3.00 bits per heavy atom. The lowest BCUT2D eigenvalue weighted by molar-refractivity contribution is 0.0938. The lowest BCUT2D eigenvalue weighted by Crippen LogP contribution is -2.38. The molecule has 1 saturated heterocycles. The van der Waals surface area contributed by atoms with E-state index < -0.39 is 0 Å². The zero-order chi connectivity index (χ0) is 21.5. The van der Waals surface area contributed by atoms with Crippen LogP contribution in [0.4, 0.5) is 11.4 Å². The number of aromatic nitrogens is 2. The average Bonchev–Trinajstić information content (AvgIpc) is 3.38. The minimum absolute atomic E-state index is 0.118. The van der Waals surface area contributed by atoms with Crippen LogP contribution in [0, 0.1) is 12.8 Å². The molecule has 1 aliphatic carbocycles. The fourth-order valence-electron chi connectivity index (χ4n) is 4.85. The number of amides is 1. The third kappa shape index (κ3) is 3.87. The van der Waals surface area contributed by atoms with Crippen molar-refractivity contribution >= 4 is 39.0 Å². The summed E-state index contributed by atoms with van der Waals surface area (Å²) in [4.78, 5) is 25.5. The first-order valence-electron chi connectivity index (χ1n) is 11.2. The highest BCUT2D eigenvalue weighted by Crippen LogP contribution is 2.33. The number of nitrogens with one attached hydrogen (secondary N) is 1. The molecule has 1 amide bonds. The van der Waals surface area contributed by atoms with Crippen molar-refractivity contribution in [3.05, 3.63) is 46.1 Å². The second-order valence-electron chi connectivity index (χ2n) is 8.89. The summed E-state index contributed by atoms with van der Waals surface area (Å²) in [7, 11) is 0. The molecule has 0 radical (unpaired) electrons. The summed E-state index contributed by atoms with van der Waals surface area (Å²) in [6.45, 7) is 6.51. The number of thiophene rings is 1. The van der Waals surface area contributed by atoms with Gasteiger partial charge in [0.05, 0.1) is 11.4 Å². The van der Waals surface area contributed by atoms with Crippen molar-refractivity contribution in [3.8, 4) is 0 Å². The standard InChI is InChI=1S/C24H29N5OS/c1-3-15-8-9-29(13-15)19-7-5-16-10-18(6-4-17(16)11-19)28-23(30)22-20(25)21-24(31-22)27-14(2)12-26-21/h5,7,11-12,15,18H,3-4,6,8-10,13,25H2,1-2H3,(H,28,30)/t15-,18+/m0/s1. The zero-order valence-corrected chi connectivity index (χ0v) is 19.0. The van der Waals surface area contributed by atoms with Crippen molar-refractivity contribution in [1.82, 2.24) is 15.3 Å². The van der Waals surface area contributed by atoms with Gasteiger partial charge in [0.15, 0.2) is 0 Å². The van der Waals surface area contributed by atoms with E-state index in [4.69, 9.17) is 5.73 Å². The molecule has 0 saturated carbocycles. The maximum absolute atomic E-state index is 12.9. The van der Waals surface area contributed by atoms with Gasteiger partial charge in [-0.1, -0.05) is 19.4 Å². The van der Waals surface area contributed by atoms with E-state index in [9.17, 15) is 4.79 Å². The van der Waals surface area contributed by atoms with Crippen LogP contribution in [-0.2, 0) is 12.8 Å². The SMILES string of the molecule is CC[C@H]1CCN(c2ccc3c(c2)CC[C@@H](NC(=O)c2sc4nc(C)cnc4c2N)C3)C1. The minimum atomic E-state index is -0.118. The van der Waals surface area contributed by atoms with Crippen molar-refractivity contribution < 1.29 is 4.79 Å². The van der Waals surface area contributed by atoms with E-state index in [1.54, 1.807) is 6.20 Å². The molecule has 1 aliphatic heterocycles. The normalized spacial score (nSPS) is 20.8. The van der Waals surface area contributed by atoms with Gasteiger partial charge in [0.2, 0.25) is 0 Å². The summed E-state index contributed by atoms with van der Waals surface area (Å²) in [5.41, 5.74) is 12.2. The summed E-state index contributed by atoms with van der Waals surface area (Å²) in [5.74, 6) is 0.707. The van der Waals surface area contributed by atoms with Crippen molar-refractivity contribution in [2.75, 3.05) is 23.7 Å². The third-order valence-corrected chi connectivity index (χ3v) is 7.83. The van der Waals surface area contributed by atoms with E-state index in [2.05, 4.69) is 45.3 Å². The molecule has 1 aromatic carbocycles. The molecule has 3 aromatic rings. The Labute approximate surface area is 186 Å². The lowest BCUT2D eigenvalue weighted by atomic mass is 9.87. The second-order valence-corrected chi connectivity index (χ2v) is 9.88. The molecule has 5 rings (SSSR count). The van der Waals surface area contributed by atoms with Crippen LogP contribution in [0.15, 0.2) is 24.4 Å². The number of nitrogen functional groups attached to an aromatic ring is 1. The predicted octanol–water partition coefficient (Wildman–Crippen LogP) is 4.11.